The topological polar surface area (TPSA) is 55.5 Å². The Kier molecular flexibility index (Phi) is 4.18. The van der Waals surface area contributed by atoms with Crippen molar-refractivity contribution < 1.29 is 9.94 Å². The van der Waals surface area contributed by atoms with E-state index in [9.17, 15) is 5.11 Å². The summed E-state index contributed by atoms with van der Waals surface area (Å²) in [5.74, 6) is 5.09. The molecule has 0 aliphatic heterocycles. The smallest absolute Gasteiger partial charge is 0.144 e. The Balaban J connectivity index is 3.26. The molecule has 1 aromatic carbocycles. The Morgan fingerprint density at radius 3 is 2.46 bits per heavy atom. The largest absolute Gasteiger partial charge is 0.506 e. The third kappa shape index (κ3) is 2.44. The van der Waals surface area contributed by atoms with Crippen LogP contribution in [-0.2, 0) is 11.4 Å². The lowest BCUT2D eigenvalue weighted by molar-refractivity contribution is 0.123. The lowest BCUT2D eigenvalue weighted by Crippen LogP contribution is -2.00. The monoisotopic (exact) mass is 373 g/mol. The number of hydrogen-bond donors (Lipinski definition) is 2. The Morgan fingerprint density at radius 1 is 1.31 bits per heavy atom. The van der Waals surface area contributed by atoms with E-state index in [0.717, 1.165) is 10.0 Å². The van der Waals surface area contributed by atoms with Crippen molar-refractivity contribution in [2.75, 3.05) is 0 Å². The summed E-state index contributed by atoms with van der Waals surface area (Å²) >= 11 is 9.76. The molecule has 0 aliphatic carbocycles. The average molecular weight is 376 g/mol. The molecule has 0 unspecified atom stereocenters. The third-order valence-electron chi connectivity index (χ3n) is 1.47. The van der Waals surface area contributed by atoms with Gasteiger partial charge in [0.05, 0.1) is 15.6 Å². The van der Waals surface area contributed by atoms with Gasteiger partial charge in [0.2, 0.25) is 0 Å². The highest BCUT2D eigenvalue weighted by atomic mass is 79.9. The number of nitrogens with two attached hydrogens (primary N) is 1. The van der Waals surface area contributed by atoms with Gasteiger partial charge in [-0.15, -0.1) is 0 Å². The summed E-state index contributed by atoms with van der Waals surface area (Å²) < 4.78 is 1.99. The first-order chi connectivity index (χ1) is 6.07. The van der Waals surface area contributed by atoms with Gasteiger partial charge in [0.1, 0.15) is 5.75 Å². The number of aromatic hydroxyl groups is 1. The molecule has 0 fully saturated rings. The summed E-state index contributed by atoms with van der Waals surface area (Å²) in [7, 11) is 0. The minimum atomic E-state index is 0.134. The molecular weight excluding hydrogens is 370 g/mol. The first-order valence-electron chi connectivity index (χ1n) is 3.25. The lowest BCUT2D eigenvalue weighted by Gasteiger charge is -2.09. The normalized spacial score (nSPS) is 10.5. The van der Waals surface area contributed by atoms with Crippen molar-refractivity contribution in [1.29, 1.82) is 0 Å². The SMILES string of the molecule is NOCc1c(Br)cc(Br)c(O)c1Br. The Hall–Kier alpha value is 0.380. The molecule has 0 saturated heterocycles. The van der Waals surface area contributed by atoms with Gasteiger partial charge >= 0.3 is 0 Å². The quantitative estimate of drug-likeness (QED) is 0.781. The zero-order valence-corrected chi connectivity index (χ0v) is 11.1. The van der Waals surface area contributed by atoms with E-state index in [1.54, 1.807) is 6.07 Å². The van der Waals surface area contributed by atoms with Gasteiger partial charge in [0, 0.05) is 10.0 Å². The minimum absolute atomic E-state index is 0.134. The van der Waals surface area contributed by atoms with Crippen molar-refractivity contribution in [2.45, 2.75) is 6.61 Å². The van der Waals surface area contributed by atoms with Gasteiger partial charge in [0.15, 0.2) is 0 Å². The minimum Gasteiger partial charge on any atom is -0.506 e. The van der Waals surface area contributed by atoms with E-state index < -0.39 is 0 Å². The molecule has 13 heavy (non-hydrogen) atoms. The second-order valence-electron chi connectivity index (χ2n) is 2.29. The maximum atomic E-state index is 9.53. The van der Waals surface area contributed by atoms with Crippen LogP contribution in [0.2, 0.25) is 0 Å². The van der Waals surface area contributed by atoms with Crippen LogP contribution in [-0.4, -0.2) is 5.11 Å². The predicted octanol–water partition coefficient (Wildman–Crippen LogP) is 3.07. The van der Waals surface area contributed by atoms with Gasteiger partial charge in [-0.2, -0.15) is 0 Å². The van der Waals surface area contributed by atoms with E-state index in [2.05, 4.69) is 52.6 Å². The lowest BCUT2D eigenvalue weighted by atomic mass is 10.2. The van der Waals surface area contributed by atoms with E-state index in [1.807, 2.05) is 0 Å². The van der Waals surface area contributed by atoms with Crippen LogP contribution >= 0.6 is 47.8 Å². The van der Waals surface area contributed by atoms with Crippen LogP contribution in [0.1, 0.15) is 5.56 Å². The Labute approximate surface area is 101 Å². The molecule has 1 rings (SSSR count). The van der Waals surface area contributed by atoms with Gasteiger partial charge in [-0.05, 0) is 37.9 Å². The molecule has 0 amide bonds. The van der Waals surface area contributed by atoms with Gasteiger partial charge < -0.3 is 5.11 Å². The van der Waals surface area contributed by atoms with E-state index >= 15 is 0 Å². The Bertz CT molecular complexity index is 330. The molecular formula is C7H6Br3NO2. The van der Waals surface area contributed by atoms with Crippen molar-refractivity contribution in [2.24, 2.45) is 5.90 Å². The molecule has 6 heteroatoms. The van der Waals surface area contributed by atoms with E-state index in [-0.39, 0.29) is 12.4 Å². The molecule has 0 radical (unpaired) electrons. The van der Waals surface area contributed by atoms with Crippen molar-refractivity contribution >= 4 is 47.8 Å². The van der Waals surface area contributed by atoms with Crippen LogP contribution in [0.4, 0.5) is 0 Å². The number of hydrogen-bond acceptors (Lipinski definition) is 3. The summed E-state index contributed by atoms with van der Waals surface area (Å²) in [4.78, 5) is 4.50. The predicted molar refractivity (Wildman–Crippen MR) is 60.2 cm³/mol. The van der Waals surface area contributed by atoms with Crippen LogP contribution in [0.25, 0.3) is 0 Å². The van der Waals surface area contributed by atoms with Crippen molar-refractivity contribution in [3.05, 3.63) is 25.0 Å². The van der Waals surface area contributed by atoms with Gasteiger partial charge in [-0.1, -0.05) is 15.9 Å². The van der Waals surface area contributed by atoms with E-state index in [0.29, 0.717) is 8.95 Å². The first-order valence-corrected chi connectivity index (χ1v) is 5.62. The highest BCUT2D eigenvalue weighted by Crippen LogP contribution is 2.39. The molecule has 0 spiro atoms. The van der Waals surface area contributed by atoms with Crippen LogP contribution in [0.15, 0.2) is 19.5 Å². The standard InChI is InChI=1S/C7H6Br3NO2/c8-4-1-5(9)7(12)6(10)3(4)2-13-11/h1,12H,2,11H2. The first kappa shape index (κ1) is 11.5. The maximum absolute atomic E-state index is 9.53. The zero-order chi connectivity index (χ0) is 10.0. The number of phenolic OH excluding ortho intramolecular Hbond substituents is 1. The molecule has 0 bridgehead atoms. The summed E-state index contributed by atoms with van der Waals surface area (Å²) in [6, 6.07) is 1.73. The van der Waals surface area contributed by atoms with E-state index in [4.69, 9.17) is 5.90 Å². The molecule has 3 nitrogen and oxygen atoms in total. The molecule has 3 N–H and O–H groups in total. The summed E-state index contributed by atoms with van der Waals surface area (Å²) in [5.41, 5.74) is 0.767. The zero-order valence-electron chi connectivity index (χ0n) is 6.35. The number of phenols is 1. The summed E-state index contributed by atoms with van der Waals surface area (Å²) in [6.45, 7) is 0.224. The maximum Gasteiger partial charge on any atom is 0.144 e. The number of halogens is 3. The van der Waals surface area contributed by atoms with Crippen LogP contribution < -0.4 is 5.90 Å². The van der Waals surface area contributed by atoms with Gasteiger partial charge in [0.25, 0.3) is 0 Å². The molecule has 0 aromatic heterocycles. The molecule has 0 atom stereocenters. The van der Waals surface area contributed by atoms with Crippen molar-refractivity contribution in [3.8, 4) is 5.75 Å². The molecule has 72 valence electrons. The van der Waals surface area contributed by atoms with Crippen LogP contribution in [0.3, 0.4) is 0 Å². The third-order valence-corrected chi connectivity index (χ3v) is 3.63. The fourth-order valence-electron chi connectivity index (χ4n) is 0.835. The highest BCUT2D eigenvalue weighted by molar-refractivity contribution is 9.11. The fourth-order valence-corrected chi connectivity index (χ4v) is 3.18. The fraction of sp³-hybridized carbons (Fsp3) is 0.143. The van der Waals surface area contributed by atoms with Crippen LogP contribution in [0.5, 0.6) is 5.75 Å². The molecule has 1 aromatic rings. The van der Waals surface area contributed by atoms with E-state index in [1.165, 1.54) is 0 Å². The molecule has 0 saturated carbocycles. The summed E-state index contributed by atoms with van der Waals surface area (Å²) in [6.07, 6.45) is 0. The summed E-state index contributed by atoms with van der Waals surface area (Å²) in [5, 5.41) is 9.53. The second-order valence-corrected chi connectivity index (χ2v) is 4.79. The number of rotatable bonds is 2. The van der Waals surface area contributed by atoms with Crippen molar-refractivity contribution in [3.63, 3.8) is 0 Å². The molecule has 0 aliphatic rings. The number of benzene rings is 1. The highest BCUT2D eigenvalue weighted by Gasteiger charge is 2.12. The Morgan fingerprint density at radius 2 is 1.92 bits per heavy atom. The van der Waals surface area contributed by atoms with Crippen molar-refractivity contribution in [1.82, 2.24) is 0 Å². The average Bonchev–Trinajstić information content (AvgIpc) is 2.09. The van der Waals surface area contributed by atoms with Gasteiger partial charge in [-0.3, -0.25) is 4.84 Å². The van der Waals surface area contributed by atoms with Crippen LogP contribution in [0, 0.1) is 0 Å². The second kappa shape index (κ2) is 4.75. The van der Waals surface area contributed by atoms with Gasteiger partial charge in [-0.25, -0.2) is 5.90 Å². The molecule has 0 heterocycles.